The molecule has 1 heterocycles. The maximum absolute atomic E-state index is 5.54. The molecule has 1 aromatic carbocycles. The van der Waals surface area contributed by atoms with E-state index in [2.05, 4.69) is 10.3 Å². The molecular formula is C16H20N2O2S. The van der Waals surface area contributed by atoms with Gasteiger partial charge in [-0.25, -0.2) is 4.98 Å². The molecule has 1 aliphatic carbocycles. The van der Waals surface area contributed by atoms with Gasteiger partial charge in [-0.2, -0.15) is 0 Å². The maximum Gasteiger partial charge on any atom is 0.161 e. The minimum Gasteiger partial charge on any atom is -0.493 e. The molecule has 0 amide bonds. The summed E-state index contributed by atoms with van der Waals surface area (Å²) >= 11 is 1.72. The number of methoxy groups -OCH3 is 1. The van der Waals surface area contributed by atoms with Gasteiger partial charge in [-0.05, 0) is 38.0 Å². The van der Waals surface area contributed by atoms with E-state index in [0.717, 1.165) is 34.7 Å². The molecule has 2 aromatic rings. The van der Waals surface area contributed by atoms with Gasteiger partial charge in [-0.1, -0.05) is 0 Å². The molecule has 0 spiro atoms. The Bertz CT molecular complexity index is 608. The number of nitrogens with zero attached hydrogens (tertiary/aromatic N) is 1. The number of thiazole rings is 1. The van der Waals surface area contributed by atoms with E-state index >= 15 is 0 Å². The predicted octanol–water partition coefficient (Wildman–Crippen LogP) is 3.47. The normalized spacial score (nSPS) is 14.2. The number of hydrogen-bond donors (Lipinski definition) is 1. The lowest BCUT2D eigenvalue weighted by molar-refractivity contribution is 0.311. The highest BCUT2D eigenvalue weighted by Crippen LogP contribution is 2.34. The zero-order valence-corrected chi connectivity index (χ0v) is 13.2. The van der Waals surface area contributed by atoms with Gasteiger partial charge in [0.25, 0.3) is 0 Å². The van der Waals surface area contributed by atoms with Gasteiger partial charge < -0.3 is 14.8 Å². The van der Waals surface area contributed by atoms with Crippen LogP contribution in [0.15, 0.2) is 24.4 Å². The van der Waals surface area contributed by atoms with Gasteiger partial charge in [0.05, 0.1) is 13.7 Å². The summed E-state index contributed by atoms with van der Waals surface area (Å²) in [6, 6.07) is 6.69. The van der Waals surface area contributed by atoms with Crippen molar-refractivity contribution in [1.82, 2.24) is 10.3 Å². The van der Waals surface area contributed by atoms with E-state index in [9.17, 15) is 0 Å². The molecule has 0 saturated heterocycles. The summed E-state index contributed by atoms with van der Waals surface area (Å²) in [6.07, 6.45) is 4.57. The van der Waals surface area contributed by atoms with Gasteiger partial charge in [0.2, 0.25) is 0 Å². The Kier molecular flexibility index (Phi) is 4.41. The van der Waals surface area contributed by atoms with Crippen LogP contribution in [0, 0.1) is 0 Å². The van der Waals surface area contributed by atoms with E-state index in [1.165, 1.54) is 17.7 Å². The second-order valence-electron chi connectivity index (χ2n) is 5.09. The monoisotopic (exact) mass is 304 g/mol. The van der Waals surface area contributed by atoms with E-state index in [1.807, 2.05) is 31.3 Å². The number of hydrogen-bond acceptors (Lipinski definition) is 5. The fraction of sp³-hybridized carbons (Fsp3) is 0.438. The Morgan fingerprint density at radius 3 is 2.90 bits per heavy atom. The fourth-order valence-electron chi connectivity index (χ4n) is 2.13. The lowest BCUT2D eigenvalue weighted by Crippen LogP contribution is -2.14. The largest absolute Gasteiger partial charge is 0.493 e. The average Bonchev–Trinajstić information content (AvgIpc) is 3.22. The first-order valence-corrected chi connectivity index (χ1v) is 8.11. The molecule has 1 fully saturated rings. The fourth-order valence-corrected chi connectivity index (χ4v) is 2.99. The topological polar surface area (TPSA) is 43.4 Å². The summed E-state index contributed by atoms with van der Waals surface area (Å²) < 4.78 is 10.9. The third-order valence-electron chi connectivity index (χ3n) is 3.41. The first kappa shape index (κ1) is 14.4. The molecular weight excluding hydrogens is 284 g/mol. The van der Waals surface area contributed by atoms with Crippen LogP contribution in [-0.2, 0) is 6.54 Å². The Hall–Kier alpha value is -1.59. The van der Waals surface area contributed by atoms with E-state index in [1.54, 1.807) is 18.4 Å². The predicted molar refractivity (Wildman–Crippen MR) is 85.1 cm³/mol. The molecule has 0 radical (unpaired) electrons. The first-order chi connectivity index (χ1) is 10.3. The van der Waals surface area contributed by atoms with Gasteiger partial charge >= 0.3 is 0 Å². The molecule has 1 aliphatic rings. The smallest absolute Gasteiger partial charge is 0.161 e. The van der Waals surface area contributed by atoms with Crippen molar-refractivity contribution in [2.24, 2.45) is 0 Å². The van der Waals surface area contributed by atoms with Crippen molar-refractivity contribution in [3.8, 4) is 22.1 Å². The van der Waals surface area contributed by atoms with Crippen LogP contribution in [0.2, 0.25) is 0 Å². The number of benzene rings is 1. The zero-order valence-electron chi connectivity index (χ0n) is 12.4. The Morgan fingerprint density at radius 2 is 2.19 bits per heavy atom. The SMILES string of the molecule is CCOc1ccc(-c2ncc(CNC3CC3)s2)cc1OC. The molecule has 112 valence electrons. The molecule has 0 bridgehead atoms. The van der Waals surface area contributed by atoms with E-state index < -0.39 is 0 Å². The van der Waals surface area contributed by atoms with Gasteiger partial charge in [0, 0.05) is 29.2 Å². The average molecular weight is 304 g/mol. The third-order valence-corrected chi connectivity index (χ3v) is 4.45. The molecule has 21 heavy (non-hydrogen) atoms. The van der Waals surface area contributed by atoms with Crippen molar-refractivity contribution in [2.75, 3.05) is 13.7 Å². The second kappa shape index (κ2) is 6.45. The van der Waals surface area contributed by atoms with Crippen LogP contribution in [-0.4, -0.2) is 24.7 Å². The van der Waals surface area contributed by atoms with Crippen molar-refractivity contribution in [2.45, 2.75) is 32.4 Å². The van der Waals surface area contributed by atoms with Crippen molar-refractivity contribution in [1.29, 1.82) is 0 Å². The Balaban J connectivity index is 1.75. The minimum absolute atomic E-state index is 0.629. The van der Waals surface area contributed by atoms with Crippen LogP contribution < -0.4 is 14.8 Å². The number of aromatic nitrogens is 1. The summed E-state index contributed by atoms with van der Waals surface area (Å²) in [4.78, 5) is 5.79. The standard InChI is InChI=1S/C16H20N2O2S/c1-3-20-14-7-4-11(8-15(14)19-2)16-18-10-13(21-16)9-17-12-5-6-12/h4,7-8,10,12,17H,3,5-6,9H2,1-2H3. The molecule has 1 N–H and O–H groups in total. The molecule has 4 nitrogen and oxygen atoms in total. The van der Waals surface area contributed by atoms with E-state index in [0.29, 0.717) is 6.61 Å². The number of ether oxygens (including phenoxy) is 2. The summed E-state index contributed by atoms with van der Waals surface area (Å²) in [5.74, 6) is 1.53. The Labute approximate surface area is 129 Å². The minimum atomic E-state index is 0.629. The Morgan fingerprint density at radius 1 is 1.33 bits per heavy atom. The molecule has 3 rings (SSSR count). The summed E-state index contributed by atoms with van der Waals surface area (Å²) in [5.41, 5.74) is 1.07. The highest BCUT2D eigenvalue weighted by Gasteiger charge is 2.20. The molecule has 1 saturated carbocycles. The summed E-state index contributed by atoms with van der Waals surface area (Å²) in [5, 5.41) is 4.53. The molecule has 0 unspecified atom stereocenters. The second-order valence-corrected chi connectivity index (χ2v) is 6.20. The lowest BCUT2D eigenvalue weighted by Gasteiger charge is -2.09. The van der Waals surface area contributed by atoms with Crippen LogP contribution >= 0.6 is 11.3 Å². The van der Waals surface area contributed by atoms with Crippen molar-refractivity contribution < 1.29 is 9.47 Å². The zero-order chi connectivity index (χ0) is 14.7. The van der Waals surface area contributed by atoms with Gasteiger partial charge in [0.1, 0.15) is 5.01 Å². The van der Waals surface area contributed by atoms with Crippen molar-refractivity contribution >= 4 is 11.3 Å². The van der Waals surface area contributed by atoms with Gasteiger partial charge in [-0.3, -0.25) is 0 Å². The van der Waals surface area contributed by atoms with Gasteiger partial charge in [-0.15, -0.1) is 11.3 Å². The summed E-state index contributed by atoms with van der Waals surface area (Å²) in [7, 11) is 1.66. The highest BCUT2D eigenvalue weighted by molar-refractivity contribution is 7.15. The molecule has 5 heteroatoms. The lowest BCUT2D eigenvalue weighted by atomic mass is 10.2. The number of rotatable bonds is 7. The molecule has 0 atom stereocenters. The van der Waals surface area contributed by atoms with Crippen LogP contribution in [0.1, 0.15) is 24.6 Å². The van der Waals surface area contributed by atoms with Crippen LogP contribution in [0.3, 0.4) is 0 Å². The molecule has 1 aromatic heterocycles. The van der Waals surface area contributed by atoms with E-state index in [4.69, 9.17) is 9.47 Å². The summed E-state index contributed by atoms with van der Waals surface area (Å²) in [6.45, 7) is 3.51. The van der Waals surface area contributed by atoms with Crippen LogP contribution in [0.5, 0.6) is 11.5 Å². The van der Waals surface area contributed by atoms with Gasteiger partial charge in [0.15, 0.2) is 11.5 Å². The quantitative estimate of drug-likeness (QED) is 0.850. The van der Waals surface area contributed by atoms with Crippen LogP contribution in [0.4, 0.5) is 0 Å². The third kappa shape index (κ3) is 3.54. The first-order valence-electron chi connectivity index (χ1n) is 7.29. The highest BCUT2D eigenvalue weighted by atomic mass is 32.1. The van der Waals surface area contributed by atoms with Crippen molar-refractivity contribution in [3.05, 3.63) is 29.3 Å². The van der Waals surface area contributed by atoms with Crippen LogP contribution in [0.25, 0.3) is 10.6 Å². The van der Waals surface area contributed by atoms with Crippen molar-refractivity contribution in [3.63, 3.8) is 0 Å². The van der Waals surface area contributed by atoms with E-state index in [-0.39, 0.29) is 0 Å². The maximum atomic E-state index is 5.54. The molecule has 0 aliphatic heterocycles. The number of nitrogens with one attached hydrogen (secondary N) is 1.